The maximum atomic E-state index is 13.0. The Hall–Kier alpha value is -3.70. The van der Waals surface area contributed by atoms with Crippen molar-refractivity contribution in [2.24, 2.45) is 0 Å². The van der Waals surface area contributed by atoms with E-state index < -0.39 is 33.3 Å². The fourth-order valence-corrected chi connectivity index (χ4v) is 4.54. The minimum absolute atomic E-state index is 0.123. The van der Waals surface area contributed by atoms with Gasteiger partial charge in [0.25, 0.3) is 5.56 Å². The summed E-state index contributed by atoms with van der Waals surface area (Å²) in [5.41, 5.74) is -0.918. The molecule has 0 aliphatic carbocycles. The molecule has 0 spiro atoms. The number of aromatic nitrogens is 2. The number of rotatable bonds is 9. The summed E-state index contributed by atoms with van der Waals surface area (Å²) in [4.78, 5) is 38.2. The summed E-state index contributed by atoms with van der Waals surface area (Å²) in [6.07, 6.45) is -0.285. The van der Waals surface area contributed by atoms with Gasteiger partial charge in [-0.15, -0.1) is 0 Å². The Bertz CT molecular complexity index is 1320. The Morgan fingerprint density at radius 3 is 2.27 bits per heavy atom. The highest BCUT2D eigenvalue weighted by atomic mass is 32.2. The lowest BCUT2D eigenvalue weighted by Crippen LogP contribution is -2.44. The number of ether oxygens (including phenoxy) is 1. The first kappa shape index (κ1) is 24.0. The molecule has 3 rings (SSSR count). The second-order valence-corrected chi connectivity index (χ2v) is 9.30. The number of carbonyl (C=O) groups is 1. The van der Waals surface area contributed by atoms with Crippen molar-refractivity contribution in [3.63, 3.8) is 0 Å². The molecule has 1 unspecified atom stereocenters. The molecule has 10 nitrogen and oxygen atoms in total. The van der Waals surface area contributed by atoms with Crippen molar-refractivity contribution in [3.05, 3.63) is 87.2 Å². The summed E-state index contributed by atoms with van der Waals surface area (Å²) in [7, 11) is -3.04. The van der Waals surface area contributed by atoms with Gasteiger partial charge in [-0.2, -0.15) is 4.31 Å². The number of aromatic amines is 1. The Morgan fingerprint density at radius 1 is 1.09 bits per heavy atom. The van der Waals surface area contributed by atoms with Crippen LogP contribution in [0.5, 0.6) is 11.5 Å². The van der Waals surface area contributed by atoms with Gasteiger partial charge in [-0.25, -0.2) is 13.2 Å². The molecule has 0 radical (unpaired) electrons. The van der Waals surface area contributed by atoms with Crippen molar-refractivity contribution in [1.82, 2.24) is 13.9 Å². The molecule has 0 saturated heterocycles. The van der Waals surface area contributed by atoms with Gasteiger partial charge in [0.2, 0.25) is 10.0 Å². The van der Waals surface area contributed by atoms with Crippen LogP contribution in [0.15, 0.2) is 75.1 Å². The van der Waals surface area contributed by atoms with E-state index in [4.69, 9.17) is 4.74 Å². The summed E-state index contributed by atoms with van der Waals surface area (Å²) in [5, 5.41) is 9.62. The van der Waals surface area contributed by atoms with E-state index >= 15 is 0 Å². The van der Waals surface area contributed by atoms with Gasteiger partial charge in [-0.3, -0.25) is 14.2 Å². The van der Waals surface area contributed by atoms with E-state index in [9.17, 15) is 27.9 Å². The van der Waals surface area contributed by atoms with E-state index in [-0.39, 0.29) is 17.9 Å². The second kappa shape index (κ2) is 9.84. The third-order valence-corrected chi connectivity index (χ3v) is 6.87. The van der Waals surface area contributed by atoms with Gasteiger partial charge in [0.05, 0.1) is 4.90 Å². The summed E-state index contributed by atoms with van der Waals surface area (Å²) >= 11 is 0. The number of benzene rings is 2. The van der Waals surface area contributed by atoms with Gasteiger partial charge in [0.15, 0.2) is 0 Å². The smallest absolute Gasteiger partial charge is 0.328 e. The molecule has 174 valence electrons. The predicted octanol–water partition coefficient (Wildman–Crippen LogP) is 1.80. The molecule has 3 aromatic rings. The number of carboxylic acid groups (broad SMARTS) is 1. The van der Waals surface area contributed by atoms with Crippen LogP contribution in [0.1, 0.15) is 12.1 Å². The topological polar surface area (TPSA) is 139 Å². The Balaban J connectivity index is 1.78. The van der Waals surface area contributed by atoms with Gasteiger partial charge in [0.1, 0.15) is 17.5 Å². The van der Waals surface area contributed by atoms with Crippen LogP contribution >= 0.6 is 0 Å². The van der Waals surface area contributed by atoms with Crippen LogP contribution in [0.25, 0.3) is 0 Å². The highest BCUT2D eigenvalue weighted by Gasteiger charge is 2.33. The normalized spacial score (nSPS) is 12.5. The van der Waals surface area contributed by atoms with Crippen molar-refractivity contribution in [3.8, 4) is 11.5 Å². The molecule has 33 heavy (non-hydrogen) atoms. The van der Waals surface area contributed by atoms with Gasteiger partial charge < -0.3 is 14.8 Å². The standard InChI is InChI=1S/C22H23N3O7S/c1-15-14-20(26)25(22(29)23-15)13-12-19(21(27)28)24(2)33(30,31)18-10-8-17(9-11-18)32-16-6-4-3-5-7-16/h3-11,14,19H,12-13H2,1-2H3,(H,23,29)(H,27,28). The van der Waals surface area contributed by atoms with Crippen LogP contribution in [0.4, 0.5) is 0 Å². The molecule has 0 fully saturated rings. The van der Waals surface area contributed by atoms with Crippen LogP contribution in [0.3, 0.4) is 0 Å². The zero-order valence-corrected chi connectivity index (χ0v) is 18.8. The zero-order valence-electron chi connectivity index (χ0n) is 18.0. The molecule has 11 heteroatoms. The first-order chi connectivity index (χ1) is 15.6. The first-order valence-electron chi connectivity index (χ1n) is 9.94. The van der Waals surface area contributed by atoms with E-state index in [1.54, 1.807) is 31.2 Å². The van der Waals surface area contributed by atoms with Crippen molar-refractivity contribution < 1.29 is 23.1 Å². The fraction of sp³-hybridized carbons (Fsp3) is 0.227. The number of sulfonamides is 1. The van der Waals surface area contributed by atoms with Gasteiger partial charge >= 0.3 is 11.7 Å². The molecule has 1 aromatic heterocycles. The molecule has 1 heterocycles. The van der Waals surface area contributed by atoms with E-state index in [0.29, 0.717) is 17.2 Å². The SMILES string of the molecule is Cc1cc(=O)n(CCC(C(=O)O)N(C)S(=O)(=O)c2ccc(Oc3ccccc3)cc2)c(=O)[nH]1. The number of H-pyrrole nitrogens is 1. The molecule has 0 amide bonds. The largest absolute Gasteiger partial charge is 0.480 e. The Labute approximate surface area is 189 Å². The van der Waals surface area contributed by atoms with Gasteiger partial charge in [-0.1, -0.05) is 18.2 Å². The van der Waals surface area contributed by atoms with Gasteiger partial charge in [0, 0.05) is 25.4 Å². The number of nitrogens with one attached hydrogen (secondary N) is 1. The lowest BCUT2D eigenvalue weighted by molar-refractivity contribution is -0.141. The quantitative estimate of drug-likeness (QED) is 0.483. The lowest BCUT2D eigenvalue weighted by Gasteiger charge is -2.24. The molecule has 1 atom stereocenters. The molecule has 2 N–H and O–H groups in total. The van der Waals surface area contributed by atoms with E-state index in [1.165, 1.54) is 30.3 Å². The highest BCUT2D eigenvalue weighted by Crippen LogP contribution is 2.25. The third-order valence-electron chi connectivity index (χ3n) is 4.99. The van der Waals surface area contributed by atoms with Gasteiger partial charge in [-0.05, 0) is 49.7 Å². The molecular weight excluding hydrogens is 450 g/mol. The predicted molar refractivity (Wildman–Crippen MR) is 120 cm³/mol. The Morgan fingerprint density at radius 2 is 1.70 bits per heavy atom. The number of para-hydroxylation sites is 1. The number of aryl methyl sites for hydroxylation is 1. The number of carboxylic acids is 1. The molecule has 2 aromatic carbocycles. The van der Waals surface area contributed by atoms with Crippen LogP contribution in [-0.2, 0) is 21.4 Å². The Kier molecular flexibility index (Phi) is 7.14. The minimum atomic E-state index is -4.18. The second-order valence-electron chi connectivity index (χ2n) is 7.30. The fourth-order valence-electron chi connectivity index (χ4n) is 3.20. The third kappa shape index (κ3) is 5.57. The number of hydrogen-bond acceptors (Lipinski definition) is 6. The average Bonchev–Trinajstić information content (AvgIpc) is 2.76. The number of nitrogens with zero attached hydrogens (tertiary/aromatic N) is 2. The lowest BCUT2D eigenvalue weighted by atomic mass is 10.2. The van der Waals surface area contributed by atoms with Crippen molar-refractivity contribution >= 4 is 16.0 Å². The maximum Gasteiger partial charge on any atom is 0.328 e. The average molecular weight is 474 g/mol. The first-order valence-corrected chi connectivity index (χ1v) is 11.4. The van der Waals surface area contributed by atoms with Crippen LogP contribution in [0.2, 0.25) is 0 Å². The summed E-state index contributed by atoms with van der Waals surface area (Å²) in [6.45, 7) is 1.28. The van der Waals surface area contributed by atoms with E-state index in [2.05, 4.69) is 4.98 Å². The van der Waals surface area contributed by atoms with Crippen LogP contribution < -0.4 is 16.0 Å². The monoisotopic (exact) mass is 473 g/mol. The van der Waals surface area contributed by atoms with Crippen molar-refractivity contribution in [1.29, 1.82) is 0 Å². The van der Waals surface area contributed by atoms with Crippen LogP contribution in [0, 0.1) is 6.92 Å². The summed E-state index contributed by atoms with van der Waals surface area (Å²) < 4.78 is 33.2. The number of aliphatic carboxylic acids is 1. The van der Waals surface area contributed by atoms with E-state index in [0.717, 1.165) is 15.9 Å². The van der Waals surface area contributed by atoms with Crippen molar-refractivity contribution in [2.75, 3.05) is 7.05 Å². The number of hydrogen-bond donors (Lipinski definition) is 2. The molecule has 0 aliphatic heterocycles. The highest BCUT2D eigenvalue weighted by molar-refractivity contribution is 7.89. The molecule has 0 saturated carbocycles. The minimum Gasteiger partial charge on any atom is -0.480 e. The van der Waals surface area contributed by atoms with Crippen molar-refractivity contribution in [2.45, 2.75) is 30.8 Å². The van der Waals surface area contributed by atoms with Crippen LogP contribution in [-0.4, -0.2) is 46.4 Å². The summed E-state index contributed by atoms with van der Waals surface area (Å²) in [5.74, 6) is -0.408. The molecular formula is C22H23N3O7S. The molecule has 0 bridgehead atoms. The zero-order chi connectivity index (χ0) is 24.2. The maximum absolute atomic E-state index is 13.0. The summed E-state index contributed by atoms with van der Waals surface area (Å²) in [6, 6.07) is 14.2. The number of likely N-dealkylation sites (N-methyl/N-ethyl adjacent to an activating group) is 1. The molecule has 0 aliphatic rings. The van der Waals surface area contributed by atoms with E-state index in [1.807, 2.05) is 6.07 Å².